The summed E-state index contributed by atoms with van der Waals surface area (Å²) >= 11 is 0. The first kappa shape index (κ1) is 19.2. The van der Waals surface area contributed by atoms with Crippen molar-refractivity contribution in [2.24, 2.45) is 0 Å². The zero-order valence-corrected chi connectivity index (χ0v) is 15.9. The lowest BCUT2D eigenvalue weighted by Gasteiger charge is -2.49. The molecule has 0 saturated carbocycles. The van der Waals surface area contributed by atoms with E-state index in [0.717, 1.165) is 25.0 Å². The molecule has 2 heterocycles. The average molecular weight is 326 g/mol. The van der Waals surface area contributed by atoms with E-state index in [1.807, 2.05) is 0 Å². The van der Waals surface area contributed by atoms with Gasteiger partial charge in [0.1, 0.15) is 0 Å². The highest BCUT2D eigenvalue weighted by molar-refractivity contribution is 4.91. The predicted octanol–water partition coefficient (Wildman–Crippen LogP) is 2.42. The topological polar surface area (TPSA) is 30.0 Å². The molecule has 0 spiro atoms. The Labute approximate surface area is 143 Å². The first-order valence-electron chi connectivity index (χ1n) is 9.95. The number of piperidine rings is 1. The van der Waals surface area contributed by atoms with Crippen LogP contribution in [0.25, 0.3) is 0 Å². The maximum Gasteiger partial charge on any atom is 0.0446 e. The molecule has 2 aliphatic rings. The highest BCUT2D eigenvalue weighted by Gasteiger charge is 2.35. The van der Waals surface area contributed by atoms with Crippen LogP contribution in [-0.2, 0) is 0 Å². The summed E-state index contributed by atoms with van der Waals surface area (Å²) < 4.78 is 0. The van der Waals surface area contributed by atoms with E-state index in [1.165, 1.54) is 51.9 Å². The van der Waals surface area contributed by atoms with Crippen molar-refractivity contribution in [3.8, 4) is 0 Å². The van der Waals surface area contributed by atoms with Crippen molar-refractivity contribution in [3.63, 3.8) is 0 Å². The number of hydrogen-bond acceptors (Lipinski definition) is 4. The molecule has 0 aromatic rings. The van der Waals surface area contributed by atoms with E-state index in [0.29, 0.717) is 18.7 Å². The molecule has 2 saturated heterocycles. The quantitative estimate of drug-likeness (QED) is 0.778. The number of piperazine rings is 1. The van der Waals surface area contributed by atoms with Gasteiger partial charge in [0.2, 0.25) is 0 Å². The standard InChI is InChI=1S/C19H39N3O/c1-5-17(6-2)21-12-13-22(19(15-21)9-14-23)18-7-10-20(11-8-18)16(3)4/h16-19,23H,5-15H2,1-4H3/t19-/m0/s1. The lowest BCUT2D eigenvalue weighted by atomic mass is 9.96. The van der Waals surface area contributed by atoms with Crippen molar-refractivity contribution in [3.05, 3.63) is 0 Å². The van der Waals surface area contributed by atoms with E-state index >= 15 is 0 Å². The molecule has 0 radical (unpaired) electrons. The van der Waals surface area contributed by atoms with Gasteiger partial charge in [-0.1, -0.05) is 13.8 Å². The summed E-state index contributed by atoms with van der Waals surface area (Å²) in [7, 11) is 0. The SMILES string of the molecule is CCC(CC)N1CCN(C2CCN(C(C)C)CC2)[C@@H](CCO)C1. The highest BCUT2D eigenvalue weighted by Crippen LogP contribution is 2.25. The van der Waals surface area contributed by atoms with Crippen LogP contribution in [0, 0.1) is 0 Å². The molecule has 1 N–H and O–H groups in total. The first-order valence-corrected chi connectivity index (χ1v) is 9.95. The number of aliphatic hydroxyl groups excluding tert-OH is 1. The highest BCUT2D eigenvalue weighted by atomic mass is 16.3. The van der Waals surface area contributed by atoms with Crippen molar-refractivity contribution in [1.82, 2.24) is 14.7 Å². The van der Waals surface area contributed by atoms with Crippen molar-refractivity contribution < 1.29 is 5.11 Å². The van der Waals surface area contributed by atoms with Crippen molar-refractivity contribution in [2.45, 2.75) is 84.0 Å². The third-order valence-electron chi connectivity index (χ3n) is 6.18. The van der Waals surface area contributed by atoms with Crippen LogP contribution in [-0.4, -0.2) is 83.3 Å². The molecule has 0 amide bonds. The van der Waals surface area contributed by atoms with Gasteiger partial charge < -0.3 is 10.0 Å². The molecule has 2 fully saturated rings. The molecule has 4 nitrogen and oxygen atoms in total. The summed E-state index contributed by atoms with van der Waals surface area (Å²) in [6.45, 7) is 15.6. The molecule has 4 heteroatoms. The molecule has 1 atom stereocenters. The van der Waals surface area contributed by atoms with Gasteiger partial charge in [-0.2, -0.15) is 0 Å². The second-order valence-electron chi connectivity index (χ2n) is 7.73. The summed E-state index contributed by atoms with van der Waals surface area (Å²) in [6, 6.07) is 2.67. The van der Waals surface area contributed by atoms with E-state index in [-0.39, 0.29) is 0 Å². The molecule has 2 aliphatic heterocycles. The lowest BCUT2D eigenvalue weighted by Crippen LogP contribution is -2.60. The van der Waals surface area contributed by atoms with E-state index < -0.39 is 0 Å². The molecule has 136 valence electrons. The zero-order valence-electron chi connectivity index (χ0n) is 15.9. The van der Waals surface area contributed by atoms with Gasteiger partial charge in [0.15, 0.2) is 0 Å². The van der Waals surface area contributed by atoms with E-state index in [2.05, 4.69) is 42.4 Å². The summed E-state index contributed by atoms with van der Waals surface area (Å²) in [5.74, 6) is 0. The largest absolute Gasteiger partial charge is 0.396 e. The van der Waals surface area contributed by atoms with Crippen LogP contribution in [0.15, 0.2) is 0 Å². The second kappa shape index (κ2) is 9.36. The van der Waals surface area contributed by atoms with Crippen LogP contribution >= 0.6 is 0 Å². The molecule has 0 aliphatic carbocycles. The molecule has 2 rings (SSSR count). The lowest BCUT2D eigenvalue weighted by molar-refractivity contribution is -0.0118. The third-order valence-corrected chi connectivity index (χ3v) is 6.18. The van der Waals surface area contributed by atoms with Gasteiger partial charge in [0.05, 0.1) is 0 Å². The van der Waals surface area contributed by atoms with Gasteiger partial charge >= 0.3 is 0 Å². The zero-order chi connectivity index (χ0) is 16.8. The Morgan fingerprint density at radius 1 is 0.957 bits per heavy atom. The molecular formula is C19H39N3O. The Bertz CT molecular complexity index is 325. The molecule has 0 aromatic carbocycles. The van der Waals surface area contributed by atoms with Crippen molar-refractivity contribution >= 4 is 0 Å². The third kappa shape index (κ3) is 4.91. The van der Waals surface area contributed by atoms with E-state index in [1.54, 1.807) is 0 Å². The Balaban J connectivity index is 1.94. The van der Waals surface area contributed by atoms with E-state index in [9.17, 15) is 5.11 Å². The number of likely N-dealkylation sites (tertiary alicyclic amines) is 1. The van der Waals surface area contributed by atoms with Gasteiger partial charge in [-0.15, -0.1) is 0 Å². The molecular weight excluding hydrogens is 286 g/mol. The number of nitrogens with zero attached hydrogens (tertiary/aromatic N) is 3. The Hall–Kier alpha value is -0.160. The minimum atomic E-state index is 0.322. The van der Waals surface area contributed by atoms with Gasteiger partial charge in [-0.25, -0.2) is 0 Å². The number of aliphatic hydroxyl groups is 1. The summed E-state index contributed by atoms with van der Waals surface area (Å²) in [5.41, 5.74) is 0. The Morgan fingerprint density at radius 2 is 1.61 bits per heavy atom. The maximum absolute atomic E-state index is 9.54. The molecule has 0 unspecified atom stereocenters. The first-order chi connectivity index (χ1) is 11.1. The fourth-order valence-corrected chi connectivity index (χ4v) is 4.65. The van der Waals surface area contributed by atoms with Gasteiger partial charge in [0, 0.05) is 50.4 Å². The van der Waals surface area contributed by atoms with Crippen molar-refractivity contribution in [2.75, 3.05) is 39.3 Å². The molecule has 23 heavy (non-hydrogen) atoms. The van der Waals surface area contributed by atoms with Gasteiger partial charge in [-0.05, 0) is 59.0 Å². The Morgan fingerprint density at radius 3 is 2.13 bits per heavy atom. The molecule has 0 aromatic heterocycles. The summed E-state index contributed by atoms with van der Waals surface area (Å²) in [6.07, 6.45) is 6.02. The second-order valence-corrected chi connectivity index (χ2v) is 7.73. The number of rotatable bonds is 7. The van der Waals surface area contributed by atoms with Crippen molar-refractivity contribution in [1.29, 1.82) is 0 Å². The van der Waals surface area contributed by atoms with E-state index in [4.69, 9.17) is 0 Å². The fraction of sp³-hybridized carbons (Fsp3) is 1.00. The van der Waals surface area contributed by atoms with Gasteiger partial charge in [-0.3, -0.25) is 9.80 Å². The fourth-order valence-electron chi connectivity index (χ4n) is 4.65. The summed E-state index contributed by atoms with van der Waals surface area (Å²) in [4.78, 5) is 8.03. The predicted molar refractivity (Wildman–Crippen MR) is 97.9 cm³/mol. The minimum absolute atomic E-state index is 0.322. The normalized spacial score (nSPS) is 26.5. The van der Waals surface area contributed by atoms with Crippen LogP contribution in [0.1, 0.15) is 59.8 Å². The van der Waals surface area contributed by atoms with Crippen LogP contribution in [0.3, 0.4) is 0 Å². The van der Waals surface area contributed by atoms with Crippen LogP contribution in [0.4, 0.5) is 0 Å². The number of hydrogen-bond donors (Lipinski definition) is 1. The van der Waals surface area contributed by atoms with Gasteiger partial charge in [0.25, 0.3) is 0 Å². The van der Waals surface area contributed by atoms with Crippen LogP contribution in [0.5, 0.6) is 0 Å². The van der Waals surface area contributed by atoms with Crippen LogP contribution in [0.2, 0.25) is 0 Å². The smallest absolute Gasteiger partial charge is 0.0446 e. The van der Waals surface area contributed by atoms with Crippen LogP contribution < -0.4 is 0 Å². The maximum atomic E-state index is 9.54. The molecule has 0 bridgehead atoms. The average Bonchev–Trinajstić information content (AvgIpc) is 2.57. The minimum Gasteiger partial charge on any atom is -0.396 e. The summed E-state index contributed by atoms with van der Waals surface area (Å²) in [5, 5.41) is 9.54. The monoisotopic (exact) mass is 325 g/mol. The Kier molecular flexibility index (Phi) is 7.80.